The molecule has 0 unspecified atom stereocenters. The molecule has 4 nitrogen and oxygen atoms in total. The van der Waals surface area contributed by atoms with Crippen LogP contribution in [0, 0.1) is 0 Å². The van der Waals surface area contributed by atoms with Gasteiger partial charge in [-0.2, -0.15) is 0 Å². The van der Waals surface area contributed by atoms with Crippen LogP contribution in [0.5, 0.6) is 0 Å². The Morgan fingerprint density at radius 3 is 1.58 bits per heavy atom. The third kappa shape index (κ3) is 2.94. The Bertz CT molecular complexity index is 432. The second-order valence-corrected chi connectivity index (χ2v) is 5.56. The number of rotatable bonds is 2. The molecular weight excluding hydrogens is 240 g/mol. The molecule has 2 fully saturated rings. The highest BCUT2D eigenvalue weighted by molar-refractivity contribution is 5.43. The maximum Gasteiger partial charge on any atom is 0.201 e. The second-order valence-electron chi connectivity index (χ2n) is 5.56. The molecule has 0 amide bonds. The summed E-state index contributed by atoms with van der Waals surface area (Å²) in [7, 11) is 0. The fourth-order valence-corrected chi connectivity index (χ4v) is 2.99. The molecule has 2 saturated heterocycles. The zero-order valence-corrected chi connectivity index (χ0v) is 11.4. The van der Waals surface area contributed by atoms with Crippen LogP contribution in [-0.2, 0) is 0 Å². The van der Waals surface area contributed by atoms with Crippen LogP contribution >= 0.6 is 0 Å². The van der Waals surface area contributed by atoms with E-state index in [1.165, 1.54) is 38.5 Å². The van der Waals surface area contributed by atoms with Crippen molar-refractivity contribution in [1.82, 2.24) is 0 Å². The van der Waals surface area contributed by atoms with Crippen LogP contribution in [0.15, 0.2) is 21.3 Å². The summed E-state index contributed by atoms with van der Waals surface area (Å²) < 4.78 is 5.99. The Kier molecular flexibility index (Phi) is 3.76. The van der Waals surface area contributed by atoms with Crippen molar-refractivity contribution in [1.29, 1.82) is 0 Å². The van der Waals surface area contributed by atoms with Crippen LogP contribution in [0.1, 0.15) is 38.5 Å². The Hall–Kier alpha value is -1.45. The van der Waals surface area contributed by atoms with Crippen molar-refractivity contribution in [2.75, 3.05) is 36.0 Å². The average molecular weight is 262 g/mol. The molecular formula is C15H22N2O2. The maximum atomic E-state index is 11.9. The first kappa shape index (κ1) is 12.6. The maximum absolute atomic E-state index is 11.9. The molecule has 104 valence electrons. The van der Waals surface area contributed by atoms with Crippen LogP contribution in [-0.4, -0.2) is 26.2 Å². The van der Waals surface area contributed by atoms with Gasteiger partial charge in [-0.15, -0.1) is 0 Å². The number of nitrogens with zero attached hydrogens (tertiary/aromatic N) is 2. The van der Waals surface area contributed by atoms with E-state index in [0.717, 1.165) is 37.9 Å². The zero-order valence-electron chi connectivity index (χ0n) is 11.4. The van der Waals surface area contributed by atoms with Crippen LogP contribution in [0.2, 0.25) is 0 Å². The van der Waals surface area contributed by atoms with E-state index in [9.17, 15) is 4.79 Å². The summed E-state index contributed by atoms with van der Waals surface area (Å²) in [5, 5.41) is 0. The van der Waals surface area contributed by atoms with E-state index in [-0.39, 0.29) is 5.43 Å². The summed E-state index contributed by atoms with van der Waals surface area (Å²) in [5.41, 5.74) is 0.0624. The van der Waals surface area contributed by atoms with Gasteiger partial charge in [0, 0.05) is 38.3 Å². The molecule has 2 aliphatic heterocycles. The lowest BCUT2D eigenvalue weighted by Gasteiger charge is -2.30. The van der Waals surface area contributed by atoms with E-state index in [0.29, 0.717) is 0 Å². The van der Waals surface area contributed by atoms with Gasteiger partial charge in [-0.25, -0.2) is 0 Å². The van der Waals surface area contributed by atoms with Crippen LogP contribution in [0.3, 0.4) is 0 Å². The van der Waals surface area contributed by atoms with E-state index < -0.39 is 0 Å². The molecule has 0 bridgehead atoms. The van der Waals surface area contributed by atoms with Crippen molar-refractivity contribution >= 4 is 11.8 Å². The molecule has 4 heteroatoms. The molecule has 0 saturated carbocycles. The fourth-order valence-electron chi connectivity index (χ4n) is 2.99. The van der Waals surface area contributed by atoms with E-state index >= 15 is 0 Å². The van der Waals surface area contributed by atoms with Gasteiger partial charge in [0.15, 0.2) is 5.43 Å². The van der Waals surface area contributed by atoms with Gasteiger partial charge in [-0.05, 0) is 38.5 Å². The second kappa shape index (κ2) is 5.68. The average Bonchev–Trinajstić information content (AvgIpc) is 2.48. The van der Waals surface area contributed by atoms with Crippen molar-refractivity contribution in [3.05, 3.63) is 22.4 Å². The largest absolute Gasteiger partial charge is 0.425 e. The predicted molar refractivity (Wildman–Crippen MR) is 77.1 cm³/mol. The van der Waals surface area contributed by atoms with Crippen molar-refractivity contribution < 1.29 is 4.42 Å². The standard InChI is InChI=1S/C15H22N2O2/c18-13-11-14(16-7-3-1-4-8-16)19-15(12-13)17-9-5-2-6-10-17/h11-12H,1-10H2. The highest BCUT2D eigenvalue weighted by Crippen LogP contribution is 2.25. The molecule has 0 atom stereocenters. The van der Waals surface area contributed by atoms with E-state index in [4.69, 9.17) is 4.42 Å². The molecule has 3 rings (SSSR count). The topological polar surface area (TPSA) is 36.7 Å². The molecule has 1 aromatic heterocycles. The van der Waals surface area contributed by atoms with Gasteiger partial charge in [-0.1, -0.05) is 0 Å². The Labute approximate surface area is 114 Å². The minimum Gasteiger partial charge on any atom is -0.425 e. The monoisotopic (exact) mass is 262 g/mol. The molecule has 19 heavy (non-hydrogen) atoms. The van der Waals surface area contributed by atoms with Crippen LogP contribution < -0.4 is 15.2 Å². The predicted octanol–water partition coefficient (Wildman–Crippen LogP) is 2.62. The normalized spacial score (nSPS) is 20.6. The molecule has 0 aromatic carbocycles. The van der Waals surface area contributed by atoms with Gasteiger partial charge in [0.2, 0.25) is 11.8 Å². The summed E-state index contributed by atoms with van der Waals surface area (Å²) in [6.07, 6.45) is 7.34. The molecule has 0 radical (unpaired) electrons. The molecule has 2 aliphatic rings. The fraction of sp³-hybridized carbons (Fsp3) is 0.667. The zero-order chi connectivity index (χ0) is 13.1. The Morgan fingerprint density at radius 1 is 0.737 bits per heavy atom. The van der Waals surface area contributed by atoms with E-state index in [1.54, 1.807) is 12.1 Å². The molecule has 0 N–H and O–H groups in total. The van der Waals surface area contributed by atoms with Crippen molar-refractivity contribution in [3.8, 4) is 0 Å². The van der Waals surface area contributed by atoms with E-state index in [1.807, 2.05) is 0 Å². The Balaban J connectivity index is 1.84. The van der Waals surface area contributed by atoms with Gasteiger partial charge in [0.25, 0.3) is 0 Å². The van der Waals surface area contributed by atoms with Crippen LogP contribution in [0.25, 0.3) is 0 Å². The van der Waals surface area contributed by atoms with Gasteiger partial charge in [0.05, 0.1) is 0 Å². The van der Waals surface area contributed by atoms with Gasteiger partial charge >= 0.3 is 0 Å². The quantitative estimate of drug-likeness (QED) is 0.821. The third-order valence-electron chi connectivity index (χ3n) is 4.08. The van der Waals surface area contributed by atoms with Gasteiger partial charge < -0.3 is 14.2 Å². The SMILES string of the molecule is O=c1cc(N2CCCCC2)oc(N2CCCCC2)c1. The summed E-state index contributed by atoms with van der Waals surface area (Å²) in [4.78, 5) is 16.3. The van der Waals surface area contributed by atoms with Gasteiger partial charge in [0.1, 0.15) is 0 Å². The lowest BCUT2D eigenvalue weighted by molar-refractivity contribution is 0.465. The van der Waals surface area contributed by atoms with Crippen molar-refractivity contribution in [2.24, 2.45) is 0 Å². The molecule has 0 spiro atoms. The number of anilines is 2. The molecule has 3 heterocycles. The highest BCUT2D eigenvalue weighted by atomic mass is 16.4. The minimum absolute atomic E-state index is 0.0624. The summed E-state index contributed by atoms with van der Waals surface area (Å²) in [6.45, 7) is 4.03. The first-order valence-corrected chi connectivity index (χ1v) is 7.48. The van der Waals surface area contributed by atoms with Crippen molar-refractivity contribution in [2.45, 2.75) is 38.5 Å². The summed E-state index contributed by atoms with van der Waals surface area (Å²) in [6, 6.07) is 3.28. The molecule has 1 aromatic rings. The first-order chi connectivity index (χ1) is 9.33. The number of hydrogen-bond acceptors (Lipinski definition) is 4. The Morgan fingerprint density at radius 2 is 1.16 bits per heavy atom. The summed E-state index contributed by atoms with van der Waals surface area (Å²) in [5.74, 6) is 1.51. The lowest BCUT2D eigenvalue weighted by atomic mass is 10.1. The first-order valence-electron chi connectivity index (χ1n) is 7.48. The van der Waals surface area contributed by atoms with Crippen molar-refractivity contribution in [3.63, 3.8) is 0 Å². The minimum atomic E-state index is 0.0624. The third-order valence-corrected chi connectivity index (χ3v) is 4.08. The van der Waals surface area contributed by atoms with Gasteiger partial charge in [-0.3, -0.25) is 4.79 Å². The number of hydrogen-bond donors (Lipinski definition) is 0. The molecule has 0 aliphatic carbocycles. The van der Waals surface area contributed by atoms with E-state index in [2.05, 4.69) is 9.80 Å². The summed E-state index contributed by atoms with van der Waals surface area (Å²) >= 11 is 0. The lowest BCUT2D eigenvalue weighted by Crippen LogP contribution is -2.32. The highest BCUT2D eigenvalue weighted by Gasteiger charge is 2.18. The number of piperidine rings is 2. The van der Waals surface area contributed by atoms with Crippen LogP contribution in [0.4, 0.5) is 11.8 Å². The smallest absolute Gasteiger partial charge is 0.201 e.